The standard InChI is InChI=1S/C18H12BrNO4S2/c19-12-4-2-1-3-11(12)15(23)9-20-17(24)16(26-18(20)25)8-10-5-6-13(21)14(22)7-10/h1-8,21-22H,9H2/b16-8-. The molecule has 132 valence electrons. The highest BCUT2D eigenvalue weighted by atomic mass is 79.9. The van der Waals surface area contributed by atoms with Crippen LogP contribution in [-0.4, -0.2) is 37.7 Å². The Bertz CT molecular complexity index is 958. The van der Waals surface area contributed by atoms with Gasteiger partial charge in [-0.3, -0.25) is 14.5 Å². The van der Waals surface area contributed by atoms with Crippen molar-refractivity contribution < 1.29 is 19.8 Å². The molecular formula is C18H12BrNO4S2. The van der Waals surface area contributed by atoms with E-state index in [1.807, 2.05) is 0 Å². The first-order valence-electron chi connectivity index (χ1n) is 7.42. The molecule has 0 radical (unpaired) electrons. The van der Waals surface area contributed by atoms with E-state index >= 15 is 0 Å². The van der Waals surface area contributed by atoms with Gasteiger partial charge in [-0.25, -0.2) is 0 Å². The van der Waals surface area contributed by atoms with Crippen molar-refractivity contribution in [3.05, 3.63) is 63.0 Å². The van der Waals surface area contributed by atoms with E-state index in [2.05, 4.69) is 15.9 Å². The number of carbonyl (C=O) groups is 2. The fourth-order valence-electron chi connectivity index (χ4n) is 2.33. The summed E-state index contributed by atoms with van der Waals surface area (Å²) in [5, 5.41) is 18.9. The van der Waals surface area contributed by atoms with Crippen molar-refractivity contribution in [1.82, 2.24) is 4.90 Å². The first-order valence-corrected chi connectivity index (χ1v) is 9.43. The van der Waals surface area contributed by atoms with Crippen molar-refractivity contribution in [1.29, 1.82) is 0 Å². The number of ketones is 1. The number of phenolic OH excluding ortho intramolecular Hbond substituents is 2. The number of benzene rings is 2. The molecule has 1 amide bonds. The minimum atomic E-state index is -0.368. The average Bonchev–Trinajstić information content (AvgIpc) is 2.86. The van der Waals surface area contributed by atoms with Gasteiger partial charge in [0.2, 0.25) is 0 Å². The highest BCUT2D eigenvalue weighted by Crippen LogP contribution is 2.34. The van der Waals surface area contributed by atoms with Gasteiger partial charge in [-0.2, -0.15) is 0 Å². The summed E-state index contributed by atoms with van der Waals surface area (Å²) < 4.78 is 0.954. The number of Topliss-reactive ketones (excluding diaryl/α,β-unsaturated/α-hetero) is 1. The van der Waals surface area contributed by atoms with Crippen LogP contribution in [0.5, 0.6) is 11.5 Å². The van der Waals surface area contributed by atoms with Crippen LogP contribution < -0.4 is 0 Å². The summed E-state index contributed by atoms with van der Waals surface area (Å²) >= 11 is 9.65. The average molecular weight is 450 g/mol. The maximum Gasteiger partial charge on any atom is 0.266 e. The van der Waals surface area contributed by atoms with E-state index in [4.69, 9.17) is 12.2 Å². The smallest absolute Gasteiger partial charge is 0.266 e. The molecular weight excluding hydrogens is 438 g/mol. The molecule has 0 unspecified atom stereocenters. The molecule has 0 atom stereocenters. The molecule has 1 heterocycles. The lowest BCUT2D eigenvalue weighted by Crippen LogP contribution is -2.33. The zero-order valence-electron chi connectivity index (χ0n) is 13.2. The van der Waals surface area contributed by atoms with Gasteiger partial charge in [0, 0.05) is 10.0 Å². The lowest BCUT2D eigenvalue weighted by Gasteiger charge is -2.14. The Balaban J connectivity index is 1.80. The van der Waals surface area contributed by atoms with Crippen LogP contribution in [-0.2, 0) is 4.79 Å². The number of aromatic hydroxyl groups is 2. The van der Waals surface area contributed by atoms with Gasteiger partial charge in [-0.15, -0.1) is 0 Å². The number of halogens is 1. The van der Waals surface area contributed by atoms with Crippen molar-refractivity contribution in [3.8, 4) is 11.5 Å². The summed E-state index contributed by atoms with van der Waals surface area (Å²) in [7, 11) is 0. The van der Waals surface area contributed by atoms with E-state index in [0.717, 1.165) is 11.8 Å². The van der Waals surface area contributed by atoms with Crippen LogP contribution in [0.1, 0.15) is 15.9 Å². The third-order valence-corrected chi connectivity index (χ3v) is 5.72. The second kappa shape index (κ2) is 7.61. The molecule has 5 nitrogen and oxygen atoms in total. The fourth-order valence-corrected chi connectivity index (χ4v) is 4.10. The van der Waals surface area contributed by atoms with Crippen molar-refractivity contribution in [2.75, 3.05) is 6.54 Å². The number of carbonyl (C=O) groups excluding carboxylic acids is 2. The Hall–Kier alpha value is -2.16. The molecule has 3 rings (SSSR count). The van der Waals surface area contributed by atoms with Crippen LogP contribution in [0.25, 0.3) is 6.08 Å². The fraction of sp³-hybridized carbons (Fsp3) is 0.0556. The molecule has 1 saturated heterocycles. The number of hydrogen-bond acceptors (Lipinski definition) is 6. The molecule has 2 aromatic rings. The zero-order chi connectivity index (χ0) is 18.8. The minimum Gasteiger partial charge on any atom is -0.504 e. The predicted molar refractivity (Wildman–Crippen MR) is 108 cm³/mol. The molecule has 0 spiro atoms. The Morgan fingerprint density at radius 2 is 1.92 bits per heavy atom. The number of thioether (sulfide) groups is 1. The summed E-state index contributed by atoms with van der Waals surface area (Å²) in [6, 6.07) is 11.2. The monoisotopic (exact) mass is 449 g/mol. The third-order valence-electron chi connectivity index (χ3n) is 3.65. The predicted octanol–water partition coefficient (Wildman–Crippen LogP) is 3.94. The van der Waals surface area contributed by atoms with Gasteiger partial charge in [-0.05, 0) is 29.8 Å². The number of thiocarbonyl (C=S) groups is 1. The Morgan fingerprint density at radius 1 is 1.19 bits per heavy atom. The quantitative estimate of drug-likeness (QED) is 0.318. The largest absolute Gasteiger partial charge is 0.504 e. The maximum atomic E-state index is 12.6. The first-order chi connectivity index (χ1) is 12.4. The molecule has 0 bridgehead atoms. The van der Waals surface area contributed by atoms with Crippen LogP contribution >= 0.6 is 39.9 Å². The van der Waals surface area contributed by atoms with E-state index in [1.54, 1.807) is 36.4 Å². The van der Waals surface area contributed by atoms with E-state index in [-0.39, 0.29) is 29.7 Å². The van der Waals surface area contributed by atoms with Crippen LogP contribution in [0.4, 0.5) is 0 Å². The lowest BCUT2D eigenvalue weighted by atomic mass is 10.1. The van der Waals surface area contributed by atoms with E-state index < -0.39 is 0 Å². The molecule has 0 saturated carbocycles. The second-order valence-corrected chi connectivity index (χ2v) is 7.95. The van der Waals surface area contributed by atoms with Gasteiger partial charge in [0.25, 0.3) is 5.91 Å². The zero-order valence-corrected chi connectivity index (χ0v) is 16.4. The maximum absolute atomic E-state index is 12.6. The van der Waals surface area contributed by atoms with E-state index in [9.17, 15) is 19.8 Å². The summed E-state index contributed by atoms with van der Waals surface area (Å²) in [4.78, 5) is 26.7. The second-order valence-electron chi connectivity index (χ2n) is 5.42. The van der Waals surface area contributed by atoms with Gasteiger partial charge in [0.1, 0.15) is 4.32 Å². The van der Waals surface area contributed by atoms with Gasteiger partial charge in [-0.1, -0.05) is 64.2 Å². The molecule has 26 heavy (non-hydrogen) atoms. The molecule has 0 aromatic heterocycles. The topological polar surface area (TPSA) is 77.8 Å². The number of rotatable bonds is 4. The number of phenols is 2. The summed E-state index contributed by atoms with van der Waals surface area (Å²) in [6.07, 6.45) is 1.56. The molecule has 0 aliphatic carbocycles. The van der Waals surface area contributed by atoms with Gasteiger partial charge in [0.05, 0.1) is 11.4 Å². The molecule has 8 heteroatoms. The Kier molecular flexibility index (Phi) is 5.45. The normalized spacial score (nSPS) is 15.7. The minimum absolute atomic E-state index is 0.147. The first kappa shape index (κ1) is 18.6. The molecule has 1 aliphatic heterocycles. The van der Waals surface area contributed by atoms with Gasteiger partial charge >= 0.3 is 0 Å². The summed E-state index contributed by atoms with van der Waals surface area (Å²) in [5.74, 6) is -1.11. The molecule has 2 N–H and O–H groups in total. The molecule has 2 aromatic carbocycles. The molecule has 1 aliphatic rings. The number of amides is 1. The van der Waals surface area contributed by atoms with Crippen LogP contribution in [0.15, 0.2) is 51.8 Å². The van der Waals surface area contributed by atoms with Crippen molar-refractivity contribution >= 4 is 62.0 Å². The summed E-state index contributed by atoms with van der Waals surface area (Å²) in [5.41, 5.74) is 1.02. The van der Waals surface area contributed by atoms with Crippen molar-refractivity contribution in [2.45, 2.75) is 0 Å². The van der Waals surface area contributed by atoms with Crippen molar-refractivity contribution in [2.24, 2.45) is 0 Å². The Labute approximate surface area is 167 Å². The molecule has 1 fully saturated rings. The summed E-state index contributed by atoms with van der Waals surface area (Å²) in [6.45, 7) is -0.147. The highest BCUT2D eigenvalue weighted by Gasteiger charge is 2.33. The third kappa shape index (κ3) is 3.82. The highest BCUT2D eigenvalue weighted by molar-refractivity contribution is 9.10. The Morgan fingerprint density at radius 3 is 2.62 bits per heavy atom. The van der Waals surface area contributed by atoms with Crippen LogP contribution in [0.3, 0.4) is 0 Å². The number of hydrogen-bond donors (Lipinski definition) is 2. The van der Waals surface area contributed by atoms with Crippen molar-refractivity contribution in [3.63, 3.8) is 0 Å². The SMILES string of the molecule is O=C(CN1C(=O)/C(=C/c2ccc(O)c(O)c2)SC1=S)c1ccccc1Br. The van der Waals surface area contributed by atoms with Crippen LogP contribution in [0, 0.1) is 0 Å². The van der Waals surface area contributed by atoms with E-state index in [0.29, 0.717) is 24.8 Å². The van der Waals surface area contributed by atoms with E-state index in [1.165, 1.54) is 17.0 Å². The van der Waals surface area contributed by atoms with Gasteiger partial charge < -0.3 is 10.2 Å². The lowest BCUT2D eigenvalue weighted by molar-refractivity contribution is -0.121. The van der Waals surface area contributed by atoms with Gasteiger partial charge in [0.15, 0.2) is 17.3 Å². The van der Waals surface area contributed by atoms with Crippen LogP contribution in [0.2, 0.25) is 0 Å². The number of nitrogens with zero attached hydrogens (tertiary/aromatic N) is 1.